The summed E-state index contributed by atoms with van der Waals surface area (Å²) in [5, 5.41) is 9.91. The van der Waals surface area contributed by atoms with Crippen molar-refractivity contribution in [2.45, 2.75) is 6.54 Å². The van der Waals surface area contributed by atoms with Gasteiger partial charge in [0.25, 0.3) is 0 Å². The number of aromatic nitrogens is 2. The fourth-order valence-corrected chi connectivity index (χ4v) is 2.46. The van der Waals surface area contributed by atoms with Crippen molar-refractivity contribution in [3.8, 4) is 17.0 Å². The molecule has 1 aromatic heterocycles. The van der Waals surface area contributed by atoms with Crippen LogP contribution in [0.15, 0.2) is 59.5 Å². The van der Waals surface area contributed by atoms with Crippen LogP contribution in [0.25, 0.3) is 11.3 Å². The summed E-state index contributed by atoms with van der Waals surface area (Å²) in [6, 6.07) is 11.6. The monoisotopic (exact) mass is 346 g/mol. The topological polar surface area (TPSA) is 38.0 Å². The molecule has 0 aliphatic rings. The Balaban J connectivity index is 1.86. The van der Waals surface area contributed by atoms with Gasteiger partial charge in [-0.2, -0.15) is 0 Å². The fourth-order valence-electron chi connectivity index (χ4n) is 2.10. The van der Waals surface area contributed by atoms with Gasteiger partial charge in [0.1, 0.15) is 11.6 Å². The second-order valence-electron chi connectivity index (χ2n) is 4.72. The summed E-state index contributed by atoms with van der Waals surface area (Å²) in [6.45, 7) is 0.599. The number of hydrogen-bond acceptors (Lipinski definition) is 2. The highest BCUT2D eigenvalue weighted by atomic mass is 79.9. The van der Waals surface area contributed by atoms with Crippen molar-refractivity contribution >= 4 is 15.9 Å². The number of phenolic OH excluding ortho intramolecular Hbond substituents is 1. The van der Waals surface area contributed by atoms with E-state index in [1.807, 2.05) is 16.8 Å². The van der Waals surface area contributed by atoms with Crippen LogP contribution < -0.4 is 0 Å². The smallest absolute Gasteiger partial charge is 0.125 e. The maximum absolute atomic E-state index is 12.9. The molecular formula is C16H12BrFN2O. The first-order chi connectivity index (χ1) is 10.1. The van der Waals surface area contributed by atoms with E-state index in [9.17, 15) is 9.50 Å². The van der Waals surface area contributed by atoms with Gasteiger partial charge in [0.2, 0.25) is 0 Å². The minimum Gasteiger partial charge on any atom is -0.507 e. The lowest BCUT2D eigenvalue weighted by Gasteiger charge is -2.03. The van der Waals surface area contributed by atoms with Crippen LogP contribution in [0, 0.1) is 5.82 Å². The van der Waals surface area contributed by atoms with Crippen molar-refractivity contribution in [3.63, 3.8) is 0 Å². The van der Waals surface area contributed by atoms with Gasteiger partial charge >= 0.3 is 0 Å². The Morgan fingerprint density at radius 2 is 1.90 bits per heavy atom. The van der Waals surface area contributed by atoms with Crippen molar-refractivity contribution < 1.29 is 9.50 Å². The number of aromatic hydroxyl groups is 1. The largest absolute Gasteiger partial charge is 0.507 e. The molecule has 3 rings (SSSR count). The Hall–Kier alpha value is -2.14. The number of benzene rings is 2. The molecule has 0 radical (unpaired) electrons. The van der Waals surface area contributed by atoms with Gasteiger partial charge in [-0.15, -0.1) is 0 Å². The molecule has 106 valence electrons. The van der Waals surface area contributed by atoms with E-state index < -0.39 is 0 Å². The van der Waals surface area contributed by atoms with Crippen LogP contribution in [0.5, 0.6) is 5.75 Å². The van der Waals surface area contributed by atoms with E-state index in [0.717, 1.165) is 10.0 Å². The number of nitrogens with zero attached hydrogens (tertiary/aromatic N) is 2. The van der Waals surface area contributed by atoms with Crippen molar-refractivity contribution in [1.82, 2.24) is 9.55 Å². The Morgan fingerprint density at radius 1 is 1.14 bits per heavy atom. The third-order valence-corrected chi connectivity index (χ3v) is 3.64. The normalized spacial score (nSPS) is 10.8. The molecule has 1 heterocycles. The summed E-state index contributed by atoms with van der Waals surface area (Å²) in [6.07, 6.45) is 3.55. The van der Waals surface area contributed by atoms with E-state index in [2.05, 4.69) is 20.9 Å². The standard InChI is InChI=1S/C16H12BrFN2O/c17-12-3-6-16(21)14(7-12)15-9-20(10-19-15)8-11-1-4-13(18)5-2-11/h1-7,9-10,21H,8H2. The molecule has 0 bridgehead atoms. The molecule has 1 N–H and O–H groups in total. The summed E-state index contributed by atoms with van der Waals surface area (Å²) in [5.74, 6) is -0.0608. The molecule has 0 saturated heterocycles. The lowest BCUT2D eigenvalue weighted by atomic mass is 10.1. The third-order valence-electron chi connectivity index (χ3n) is 3.15. The number of phenols is 1. The third kappa shape index (κ3) is 3.13. The van der Waals surface area contributed by atoms with Crippen molar-refractivity contribution in [2.24, 2.45) is 0 Å². The number of imidazole rings is 1. The molecule has 2 aromatic carbocycles. The highest BCUT2D eigenvalue weighted by Gasteiger charge is 2.08. The zero-order chi connectivity index (χ0) is 14.8. The van der Waals surface area contributed by atoms with Crippen LogP contribution in [0.2, 0.25) is 0 Å². The molecule has 0 atom stereocenters. The van der Waals surface area contributed by atoms with Crippen LogP contribution in [0.4, 0.5) is 4.39 Å². The molecule has 0 aliphatic carbocycles. The molecular weight excluding hydrogens is 335 g/mol. The maximum atomic E-state index is 12.9. The van der Waals surface area contributed by atoms with Crippen molar-refractivity contribution in [1.29, 1.82) is 0 Å². The van der Waals surface area contributed by atoms with Gasteiger partial charge in [-0.1, -0.05) is 28.1 Å². The summed E-state index contributed by atoms with van der Waals surface area (Å²) in [4.78, 5) is 4.31. The first kappa shape index (κ1) is 13.8. The average Bonchev–Trinajstić information content (AvgIpc) is 2.92. The summed E-state index contributed by atoms with van der Waals surface area (Å²) in [5.41, 5.74) is 2.34. The molecule has 0 aliphatic heterocycles. The van der Waals surface area contributed by atoms with E-state index in [1.165, 1.54) is 12.1 Å². The molecule has 0 fully saturated rings. The lowest BCUT2D eigenvalue weighted by Crippen LogP contribution is -1.96. The first-order valence-corrected chi connectivity index (χ1v) is 7.16. The van der Waals surface area contributed by atoms with Gasteiger partial charge in [-0.3, -0.25) is 0 Å². The van der Waals surface area contributed by atoms with E-state index in [-0.39, 0.29) is 11.6 Å². The Labute approximate surface area is 129 Å². The number of rotatable bonds is 3. The second-order valence-corrected chi connectivity index (χ2v) is 5.63. The van der Waals surface area contributed by atoms with E-state index in [4.69, 9.17) is 0 Å². The Bertz CT molecular complexity index is 768. The van der Waals surface area contributed by atoms with Gasteiger partial charge in [-0.25, -0.2) is 9.37 Å². The number of hydrogen-bond donors (Lipinski definition) is 1. The van der Waals surface area contributed by atoms with E-state index in [1.54, 1.807) is 30.6 Å². The summed E-state index contributed by atoms with van der Waals surface area (Å²) >= 11 is 3.38. The number of halogens is 2. The van der Waals surface area contributed by atoms with Gasteiger partial charge < -0.3 is 9.67 Å². The van der Waals surface area contributed by atoms with Gasteiger partial charge in [-0.05, 0) is 35.9 Å². The van der Waals surface area contributed by atoms with E-state index >= 15 is 0 Å². The molecule has 3 nitrogen and oxygen atoms in total. The lowest BCUT2D eigenvalue weighted by molar-refractivity contribution is 0.477. The van der Waals surface area contributed by atoms with Crippen LogP contribution in [-0.4, -0.2) is 14.7 Å². The molecule has 0 unspecified atom stereocenters. The van der Waals surface area contributed by atoms with Gasteiger partial charge in [0, 0.05) is 22.8 Å². The first-order valence-electron chi connectivity index (χ1n) is 6.37. The van der Waals surface area contributed by atoms with Crippen molar-refractivity contribution in [2.75, 3.05) is 0 Å². The maximum Gasteiger partial charge on any atom is 0.125 e. The highest BCUT2D eigenvalue weighted by Crippen LogP contribution is 2.30. The minimum absolute atomic E-state index is 0.185. The zero-order valence-electron chi connectivity index (χ0n) is 11.0. The molecule has 0 spiro atoms. The van der Waals surface area contributed by atoms with Crippen LogP contribution in [0.3, 0.4) is 0 Å². The van der Waals surface area contributed by atoms with Gasteiger partial charge in [0.05, 0.1) is 12.0 Å². The fraction of sp³-hybridized carbons (Fsp3) is 0.0625. The SMILES string of the molecule is Oc1ccc(Br)cc1-c1cn(Cc2ccc(F)cc2)cn1. The predicted molar refractivity (Wildman–Crippen MR) is 82.5 cm³/mol. The second kappa shape index (κ2) is 5.69. The van der Waals surface area contributed by atoms with Crippen LogP contribution >= 0.6 is 15.9 Å². The Kier molecular flexibility index (Phi) is 3.75. The Morgan fingerprint density at radius 3 is 2.67 bits per heavy atom. The summed E-state index contributed by atoms with van der Waals surface area (Å²) in [7, 11) is 0. The molecule has 21 heavy (non-hydrogen) atoms. The quantitative estimate of drug-likeness (QED) is 0.771. The predicted octanol–water partition coefficient (Wildman–Crippen LogP) is 4.21. The molecule has 5 heteroatoms. The van der Waals surface area contributed by atoms with E-state index in [0.29, 0.717) is 17.8 Å². The molecule has 3 aromatic rings. The van der Waals surface area contributed by atoms with Gasteiger partial charge in [0.15, 0.2) is 0 Å². The van der Waals surface area contributed by atoms with Crippen molar-refractivity contribution in [3.05, 3.63) is 70.8 Å². The average molecular weight is 347 g/mol. The molecule has 0 amide bonds. The van der Waals surface area contributed by atoms with Crippen LogP contribution in [-0.2, 0) is 6.54 Å². The minimum atomic E-state index is -0.246. The van der Waals surface area contributed by atoms with Crippen LogP contribution in [0.1, 0.15) is 5.56 Å². The summed E-state index contributed by atoms with van der Waals surface area (Å²) < 4.78 is 15.7. The highest BCUT2D eigenvalue weighted by molar-refractivity contribution is 9.10. The molecule has 0 saturated carbocycles. The zero-order valence-corrected chi connectivity index (χ0v) is 12.6.